The summed E-state index contributed by atoms with van der Waals surface area (Å²) in [6, 6.07) is 20.7. The predicted molar refractivity (Wildman–Crippen MR) is 146 cm³/mol. The van der Waals surface area contributed by atoms with Crippen LogP contribution in [0.1, 0.15) is 51.7 Å². The monoisotopic (exact) mass is 499 g/mol. The molecule has 6 heteroatoms. The quantitative estimate of drug-likeness (QED) is 0.295. The predicted octanol–water partition coefficient (Wildman–Crippen LogP) is 7.59. The maximum Gasteiger partial charge on any atom is 0.322 e. The highest BCUT2D eigenvalue weighted by atomic mass is 32.2. The van der Waals surface area contributed by atoms with E-state index < -0.39 is 0 Å². The molecule has 1 unspecified atom stereocenters. The van der Waals surface area contributed by atoms with Crippen molar-refractivity contribution in [3.05, 3.63) is 99.7 Å². The summed E-state index contributed by atoms with van der Waals surface area (Å²) in [4.78, 5) is 18.7. The fourth-order valence-electron chi connectivity index (χ4n) is 5.36. The largest absolute Gasteiger partial charge is 0.322 e. The minimum Gasteiger partial charge on any atom is -0.310 e. The Labute approximate surface area is 215 Å². The molecule has 1 N–H and O–H groups in total. The number of urea groups is 1. The Morgan fingerprint density at radius 3 is 2.54 bits per heavy atom. The van der Waals surface area contributed by atoms with Gasteiger partial charge in [-0.2, -0.15) is 0 Å². The molecule has 1 atom stereocenters. The maximum atomic E-state index is 13.9. The van der Waals surface area contributed by atoms with Gasteiger partial charge in [0.2, 0.25) is 0 Å². The zero-order valence-electron chi connectivity index (χ0n) is 20.1. The Bertz CT molecular complexity index is 1370. The number of rotatable bonds is 3. The van der Waals surface area contributed by atoms with Crippen molar-refractivity contribution >= 4 is 34.8 Å². The SMILES string of the molecule is CSc1ccc(C2c3cccn3-c3sc4c(c3CN2C(=O)Nc2ccc(C)cc2)CCCC4)cc1. The van der Waals surface area contributed by atoms with Gasteiger partial charge in [0.1, 0.15) is 5.00 Å². The van der Waals surface area contributed by atoms with E-state index in [-0.39, 0.29) is 12.1 Å². The number of carbonyl (C=O) groups excluding carboxylic acids is 1. The summed E-state index contributed by atoms with van der Waals surface area (Å²) in [6.07, 6.45) is 9.00. The van der Waals surface area contributed by atoms with E-state index in [4.69, 9.17) is 0 Å². The third-order valence-corrected chi connectivity index (χ3v) is 9.25. The smallest absolute Gasteiger partial charge is 0.310 e. The van der Waals surface area contributed by atoms with Gasteiger partial charge >= 0.3 is 6.03 Å². The molecule has 4 nitrogen and oxygen atoms in total. The number of aryl methyl sites for hydroxylation is 2. The van der Waals surface area contributed by atoms with Gasteiger partial charge in [0.05, 0.1) is 18.3 Å². The van der Waals surface area contributed by atoms with Crippen LogP contribution in [0.15, 0.2) is 71.8 Å². The van der Waals surface area contributed by atoms with Crippen molar-refractivity contribution in [2.45, 2.75) is 50.1 Å². The molecule has 3 heterocycles. The average Bonchev–Trinajstić information content (AvgIpc) is 3.47. The van der Waals surface area contributed by atoms with Crippen molar-refractivity contribution < 1.29 is 4.79 Å². The number of fused-ring (bicyclic) bond motifs is 5. The Morgan fingerprint density at radius 2 is 1.77 bits per heavy atom. The number of carbonyl (C=O) groups is 1. The van der Waals surface area contributed by atoms with Crippen molar-refractivity contribution in [3.8, 4) is 5.00 Å². The number of amides is 2. The number of aromatic nitrogens is 1. The molecule has 35 heavy (non-hydrogen) atoms. The highest BCUT2D eigenvalue weighted by Gasteiger charge is 2.36. The van der Waals surface area contributed by atoms with Crippen LogP contribution in [0.4, 0.5) is 10.5 Å². The molecule has 2 aromatic carbocycles. The van der Waals surface area contributed by atoms with Gasteiger partial charge in [-0.1, -0.05) is 29.8 Å². The van der Waals surface area contributed by atoms with Crippen molar-refractivity contribution in [2.75, 3.05) is 11.6 Å². The molecule has 0 bridgehead atoms. The average molecular weight is 500 g/mol. The first-order valence-corrected chi connectivity index (χ1v) is 14.3. The van der Waals surface area contributed by atoms with Crippen LogP contribution in [-0.4, -0.2) is 21.8 Å². The second-order valence-electron chi connectivity index (χ2n) is 9.40. The first kappa shape index (κ1) is 22.5. The van der Waals surface area contributed by atoms with Crippen LogP contribution in [0.25, 0.3) is 5.00 Å². The number of benzene rings is 2. The topological polar surface area (TPSA) is 37.3 Å². The molecule has 2 amide bonds. The van der Waals surface area contributed by atoms with Gasteiger partial charge in [0.15, 0.2) is 0 Å². The maximum absolute atomic E-state index is 13.9. The lowest BCUT2D eigenvalue weighted by atomic mass is 9.95. The number of thiophene rings is 1. The van der Waals surface area contributed by atoms with Crippen molar-refractivity contribution in [3.63, 3.8) is 0 Å². The minimum absolute atomic E-state index is 0.0656. The molecule has 178 valence electrons. The summed E-state index contributed by atoms with van der Waals surface area (Å²) < 4.78 is 2.34. The van der Waals surface area contributed by atoms with Crippen LogP contribution in [0.2, 0.25) is 0 Å². The summed E-state index contributed by atoms with van der Waals surface area (Å²) in [7, 11) is 0. The van der Waals surface area contributed by atoms with Crippen molar-refractivity contribution in [1.82, 2.24) is 9.47 Å². The second kappa shape index (κ2) is 9.25. The van der Waals surface area contributed by atoms with E-state index in [1.54, 1.807) is 11.8 Å². The third kappa shape index (κ3) is 4.09. The normalized spacial score (nSPS) is 16.7. The van der Waals surface area contributed by atoms with Crippen molar-refractivity contribution in [1.29, 1.82) is 0 Å². The highest BCUT2D eigenvalue weighted by Crippen LogP contribution is 2.44. The number of hydrogen-bond acceptors (Lipinski definition) is 3. The number of thioether (sulfide) groups is 1. The van der Waals surface area contributed by atoms with Crippen LogP contribution in [0.3, 0.4) is 0 Å². The van der Waals surface area contributed by atoms with Gasteiger partial charge in [-0.3, -0.25) is 0 Å². The van der Waals surface area contributed by atoms with E-state index in [1.165, 1.54) is 44.3 Å². The number of nitrogens with zero attached hydrogens (tertiary/aromatic N) is 2. The Kier molecular flexibility index (Phi) is 5.94. The van der Waals surface area contributed by atoms with Gasteiger partial charge in [0.25, 0.3) is 0 Å². The molecular weight excluding hydrogens is 470 g/mol. The lowest BCUT2D eigenvalue weighted by Gasteiger charge is -2.31. The van der Waals surface area contributed by atoms with Crippen molar-refractivity contribution in [2.24, 2.45) is 0 Å². The first-order valence-electron chi connectivity index (χ1n) is 12.2. The number of anilines is 1. The molecule has 1 aliphatic heterocycles. The molecule has 0 spiro atoms. The van der Waals surface area contributed by atoms with E-state index in [2.05, 4.69) is 65.7 Å². The Hall–Kier alpha value is -2.96. The molecular formula is C29H29N3OS2. The van der Waals surface area contributed by atoms with E-state index in [0.29, 0.717) is 6.54 Å². The van der Waals surface area contributed by atoms with Crippen LogP contribution in [0, 0.1) is 6.92 Å². The fraction of sp³-hybridized carbons (Fsp3) is 0.276. The van der Waals surface area contributed by atoms with Gasteiger partial charge in [-0.25, -0.2) is 4.79 Å². The highest BCUT2D eigenvalue weighted by molar-refractivity contribution is 7.98. The summed E-state index contributed by atoms with van der Waals surface area (Å²) >= 11 is 3.66. The summed E-state index contributed by atoms with van der Waals surface area (Å²) in [5.74, 6) is 0. The standard InChI is InChI=1S/C29H29N3OS2/c1-19-9-13-21(14-10-19)30-29(33)32-18-24-23-6-3-4-8-26(23)35-28(24)31-17-5-7-25(31)27(32)20-11-15-22(34-2)16-12-20/h5,7,9-17,27H,3-4,6,8,18H2,1-2H3,(H,30,33). The number of nitrogens with one attached hydrogen (secondary N) is 1. The first-order chi connectivity index (χ1) is 17.1. The molecule has 6 rings (SSSR count). The molecule has 0 saturated heterocycles. The van der Waals surface area contributed by atoms with Gasteiger partial charge in [-0.15, -0.1) is 23.1 Å². The fourth-order valence-corrected chi connectivity index (χ4v) is 7.17. The Balaban J connectivity index is 1.48. The summed E-state index contributed by atoms with van der Waals surface area (Å²) in [6.45, 7) is 2.67. The molecule has 0 saturated carbocycles. The zero-order valence-corrected chi connectivity index (χ0v) is 21.7. The third-order valence-electron chi connectivity index (χ3n) is 7.17. The van der Waals surface area contributed by atoms with Crippen LogP contribution >= 0.6 is 23.1 Å². The molecule has 0 fully saturated rings. The summed E-state index contributed by atoms with van der Waals surface area (Å²) in [5, 5.41) is 4.48. The van der Waals surface area contributed by atoms with E-state index >= 15 is 0 Å². The molecule has 4 aromatic rings. The molecule has 2 aliphatic rings. The van der Waals surface area contributed by atoms with Crippen LogP contribution in [-0.2, 0) is 19.4 Å². The van der Waals surface area contributed by atoms with Crippen LogP contribution in [0.5, 0.6) is 0 Å². The second-order valence-corrected chi connectivity index (χ2v) is 11.4. The summed E-state index contributed by atoms with van der Waals surface area (Å²) in [5.41, 5.74) is 7.07. The lowest BCUT2D eigenvalue weighted by molar-refractivity contribution is 0.194. The van der Waals surface area contributed by atoms with Gasteiger partial charge < -0.3 is 14.8 Å². The number of hydrogen-bond donors (Lipinski definition) is 1. The zero-order chi connectivity index (χ0) is 23.9. The van der Waals surface area contributed by atoms with Gasteiger partial charge in [-0.05, 0) is 86.4 Å². The van der Waals surface area contributed by atoms with E-state index in [1.807, 2.05) is 40.5 Å². The lowest BCUT2D eigenvalue weighted by Crippen LogP contribution is -2.38. The van der Waals surface area contributed by atoms with E-state index in [9.17, 15) is 4.79 Å². The van der Waals surface area contributed by atoms with Crippen LogP contribution < -0.4 is 5.32 Å². The molecule has 1 aliphatic carbocycles. The van der Waals surface area contributed by atoms with E-state index in [0.717, 1.165) is 29.8 Å². The molecule has 0 radical (unpaired) electrons. The molecule has 2 aromatic heterocycles. The minimum atomic E-state index is -0.176. The van der Waals surface area contributed by atoms with Gasteiger partial charge in [0, 0.05) is 27.2 Å². The Morgan fingerprint density at radius 1 is 1.00 bits per heavy atom.